The second kappa shape index (κ2) is 4.01. The zero-order chi connectivity index (χ0) is 11.0. The van der Waals surface area contributed by atoms with E-state index in [0.29, 0.717) is 18.0 Å². The third-order valence-electron chi connectivity index (χ3n) is 3.61. The van der Waals surface area contributed by atoms with Gasteiger partial charge in [-0.3, -0.25) is 4.90 Å². The molecule has 0 amide bonds. The Labute approximate surface area is 92.7 Å². The van der Waals surface area contributed by atoms with Crippen LogP contribution in [-0.4, -0.2) is 22.5 Å². The Kier molecular flexibility index (Phi) is 2.87. The molecule has 15 heavy (non-hydrogen) atoms. The molecule has 1 aromatic rings. The number of rotatable bonds is 2. The SMILES string of the molecule is CCN1[C@H](C)Cc2[nH]ccc2[C@@H]1C(C)C. The highest BCUT2D eigenvalue weighted by Crippen LogP contribution is 2.36. The third kappa shape index (κ3) is 1.71. The van der Waals surface area contributed by atoms with Crippen molar-refractivity contribution in [2.24, 2.45) is 5.92 Å². The first-order chi connectivity index (χ1) is 7.15. The van der Waals surface area contributed by atoms with Gasteiger partial charge in [0.15, 0.2) is 0 Å². The normalized spacial score (nSPS) is 27.0. The van der Waals surface area contributed by atoms with Gasteiger partial charge in [-0.05, 0) is 31.0 Å². The van der Waals surface area contributed by atoms with Gasteiger partial charge in [-0.25, -0.2) is 0 Å². The fourth-order valence-corrected chi connectivity index (χ4v) is 2.99. The molecule has 0 aliphatic carbocycles. The summed E-state index contributed by atoms with van der Waals surface area (Å²) >= 11 is 0. The molecule has 0 bridgehead atoms. The van der Waals surface area contributed by atoms with E-state index in [9.17, 15) is 0 Å². The van der Waals surface area contributed by atoms with Gasteiger partial charge in [0.2, 0.25) is 0 Å². The molecule has 0 saturated carbocycles. The second-order valence-electron chi connectivity index (χ2n) is 4.98. The maximum Gasteiger partial charge on any atom is 0.0391 e. The van der Waals surface area contributed by atoms with Crippen LogP contribution in [0.5, 0.6) is 0 Å². The summed E-state index contributed by atoms with van der Waals surface area (Å²) in [5.74, 6) is 0.683. The molecule has 2 nitrogen and oxygen atoms in total. The lowest BCUT2D eigenvalue weighted by atomic mass is 9.87. The number of nitrogens with zero attached hydrogens (tertiary/aromatic N) is 1. The minimum Gasteiger partial charge on any atom is -0.365 e. The summed E-state index contributed by atoms with van der Waals surface area (Å²) < 4.78 is 0. The molecule has 1 aromatic heterocycles. The van der Waals surface area contributed by atoms with E-state index in [0.717, 1.165) is 6.54 Å². The predicted molar refractivity (Wildman–Crippen MR) is 63.9 cm³/mol. The van der Waals surface area contributed by atoms with Crippen LogP contribution >= 0.6 is 0 Å². The summed E-state index contributed by atoms with van der Waals surface area (Å²) in [5, 5.41) is 0. The quantitative estimate of drug-likeness (QED) is 0.788. The smallest absolute Gasteiger partial charge is 0.0391 e. The molecule has 0 spiro atoms. The fourth-order valence-electron chi connectivity index (χ4n) is 2.99. The molecule has 0 unspecified atom stereocenters. The van der Waals surface area contributed by atoms with Gasteiger partial charge in [-0.1, -0.05) is 20.8 Å². The van der Waals surface area contributed by atoms with E-state index >= 15 is 0 Å². The Balaban J connectivity index is 2.39. The summed E-state index contributed by atoms with van der Waals surface area (Å²) in [6.07, 6.45) is 3.26. The number of likely N-dealkylation sites (N-methyl/N-ethyl adjacent to an activating group) is 1. The van der Waals surface area contributed by atoms with Gasteiger partial charge in [0.25, 0.3) is 0 Å². The van der Waals surface area contributed by atoms with Gasteiger partial charge in [0.05, 0.1) is 0 Å². The zero-order valence-electron chi connectivity index (χ0n) is 10.2. The third-order valence-corrected chi connectivity index (χ3v) is 3.61. The standard InChI is InChI=1S/C13H22N2/c1-5-15-10(4)8-12-11(6-7-14-12)13(15)9(2)3/h6-7,9-10,13-14H,5,8H2,1-4H3/t10-,13+/m1/s1. The van der Waals surface area contributed by atoms with Crippen molar-refractivity contribution in [2.45, 2.75) is 46.2 Å². The minimum absolute atomic E-state index is 0.597. The summed E-state index contributed by atoms with van der Waals surface area (Å²) in [6, 6.07) is 3.52. The highest BCUT2D eigenvalue weighted by Gasteiger charge is 2.33. The van der Waals surface area contributed by atoms with Crippen molar-refractivity contribution < 1.29 is 0 Å². The molecule has 0 fully saturated rings. The van der Waals surface area contributed by atoms with Crippen molar-refractivity contribution in [1.29, 1.82) is 0 Å². The molecule has 0 aromatic carbocycles. The van der Waals surface area contributed by atoms with E-state index in [1.54, 1.807) is 0 Å². The molecule has 84 valence electrons. The number of hydrogen-bond acceptors (Lipinski definition) is 1. The summed E-state index contributed by atoms with van der Waals surface area (Å²) in [7, 11) is 0. The van der Waals surface area contributed by atoms with Crippen LogP contribution < -0.4 is 0 Å². The summed E-state index contributed by atoms with van der Waals surface area (Å²) in [6.45, 7) is 10.4. The van der Waals surface area contributed by atoms with Gasteiger partial charge < -0.3 is 4.98 Å². The first-order valence-corrected chi connectivity index (χ1v) is 6.07. The van der Waals surface area contributed by atoms with Gasteiger partial charge >= 0.3 is 0 Å². The zero-order valence-corrected chi connectivity index (χ0v) is 10.2. The molecule has 2 heterocycles. The van der Waals surface area contributed by atoms with Crippen LogP contribution in [0.25, 0.3) is 0 Å². The molecule has 1 aliphatic rings. The molecular formula is C13H22N2. The van der Waals surface area contributed by atoms with E-state index in [-0.39, 0.29) is 0 Å². The highest BCUT2D eigenvalue weighted by atomic mass is 15.2. The molecule has 2 rings (SSSR count). The molecule has 0 radical (unpaired) electrons. The lowest BCUT2D eigenvalue weighted by molar-refractivity contribution is 0.101. The topological polar surface area (TPSA) is 19.0 Å². The summed E-state index contributed by atoms with van der Waals surface area (Å²) in [4.78, 5) is 6.02. The van der Waals surface area contributed by atoms with Crippen LogP contribution in [0.15, 0.2) is 12.3 Å². The van der Waals surface area contributed by atoms with E-state index in [4.69, 9.17) is 0 Å². The predicted octanol–water partition coefficient (Wildman–Crippen LogP) is 2.98. The van der Waals surface area contributed by atoms with Crippen LogP contribution in [0.3, 0.4) is 0 Å². The number of aromatic nitrogens is 1. The average Bonchev–Trinajstić information content (AvgIpc) is 2.62. The van der Waals surface area contributed by atoms with Crippen molar-refractivity contribution in [1.82, 2.24) is 9.88 Å². The van der Waals surface area contributed by atoms with Crippen molar-refractivity contribution in [2.75, 3.05) is 6.54 Å². The molecule has 1 N–H and O–H groups in total. The lowest BCUT2D eigenvalue weighted by Gasteiger charge is -2.42. The fraction of sp³-hybridized carbons (Fsp3) is 0.692. The van der Waals surface area contributed by atoms with Crippen molar-refractivity contribution in [3.8, 4) is 0 Å². The number of nitrogens with one attached hydrogen (secondary N) is 1. The number of hydrogen-bond donors (Lipinski definition) is 1. The van der Waals surface area contributed by atoms with Crippen LogP contribution in [-0.2, 0) is 6.42 Å². The maximum absolute atomic E-state index is 3.39. The van der Waals surface area contributed by atoms with Gasteiger partial charge in [-0.2, -0.15) is 0 Å². The van der Waals surface area contributed by atoms with Crippen LogP contribution in [0.2, 0.25) is 0 Å². The van der Waals surface area contributed by atoms with E-state index < -0.39 is 0 Å². The Morgan fingerprint density at radius 2 is 2.27 bits per heavy atom. The minimum atomic E-state index is 0.597. The van der Waals surface area contributed by atoms with Crippen molar-refractivity contribution in [3.05, 3.63) is 23.5 Å². The van der Waals surface area contributed by atoms with Crippen LogP contribution in [0.1, 0.15) is 45.0 Å². The molecule has 1 aliphatic heterocycles. The van der Waals surface area contributed by atoms with Crippen LogP contribution in [0.4, 0.5) is 0 Å². The monoisotopic (exact) mass is 206 g/mol. The summed E-state index contributed by atoms with van der Waals surface area (Å²) in [5.41, 5.74) is 2.97. The van der Waals surface area contributed by atoms with E-state index in [2.05, 4.69) is 49.8 Å². The molecule has 2 atom stereocenters. The van der Waals surface area contributed by atoms with Crippen LogP contribution in [0, 0.1) is 5.92 Å². The number of aromatic amines is 1. The Hall–Kier alpha value is -0.760. The maximum atomic E-state index is 3.39. The Morgan fingerprint density at radius 3 is 2.87 bits per heavy atom. The van der Waals surface area contributed by atoms with E-state index in [1.165, 1.54) is 17.7 Å². The molecular weight excluding hydrogens is 184 g/mol. The number of fused-ring (bicyclic) bond motifs is 1. The average molecular weight is 206 g/mol. The second-order valence-corrected chi connectivity index (χ2v) is 4.98. The van der Waals surface area contributed by atoms with Gasteiger partial charge in [0, 0.05) is 30.4 Å². The first kappa shape index (κ1) is 10.7. The van der Waals surface area contributed by atoms with Crippen molar-refractivity contribution in [3.63, 3.8) is 0 Å². The van der Waals surface area contributed by atoms with E-state index in [1.807, 2.05) is 0 Å². The van der Waals surface area contributed by atoms with Gasteiger partial charge in [0.1, 0.15) is 0 Å². The first-order valence-electron chi connectivity index (χ1n) is 6.07. The van der Waals surface area contributed by atoms with Gasteiger partial charge in [-0.15, -0.1) is 0 Å². The highest BCUT2D eigenvalue weighted by molar-refractivity contribution is 5.28. The van der Waals surface area contributed by atoms with Crippen molar-refractivity contribution >= 4 is 0 Å². The Morgan fingerprint density at radius 1 is 1.53 bits per heavy atom. The lowest BCUT2D eigenvalue weighted by Crippen LogP contribution is -2.43. The largest absolute Gasteiger partial charge is 0.365 e. The Bertz CT molecular complexity index is 327. The molecule has 0 saturated heterocycles. The molecule has 2 heteroatoms. The number of H-pyrrole nitrogens is 1.